The predicted octanol–water partition coefficient (Wildman–Crippen LogP) is 1.35. The third-order valence-corrected chi connectivity index (χ3v) is 4.37. The van der Waals surface area contributed by atoms with Crippen molar-refractivity contribution in [1.29, 1.82) is 0 Å². The summed E-state index contributed by atoms with van der Waals surface area (Å²) in [5, 5.41) is 0.771. The maximum absolute atomic E-state index is 12.2. The van der Waals surface area contributed by atoms with Crippen molar-refractivity contribution in [2.45, 2.75) is 6.42 Å². The molecule has 0 saturated heterocycles. The summed E-state index contributed by atoms with van der Waals surface area (Å²) in [7, 11) is -1.45. The van der Waals surface area contributed by atoms with Crippen LogP contribution in [0.5, 0.6) is 5.75 Å². The van der Waals surface area contributed by atoms with Gasteiger partial charge in [0.05, 0.1) is 13.5 Å². The molecule has 1 heterocycles. The van der Waals surface area contributed by atoms with E-state index < -0.39 is 16.3 Å². The molecule has 8 heteroatoms. The molecule has 0 radical (unpaired) electrons. The van der Waals surface area contributed by atoms with Crippen LogP contribution in [0.3, 0.4) is 0 Å². The second-order valence-electron chi connectivity index (χ2n) is 4.52. The Morgan fingerprint density at radius 3 is 2.73 bits per heavy atom. The molecule has 0 bridgehead atoms. The number of hydrogen-bond donors (Lipinski definition) is 0. The smallest absolute Gasteiger partial charge is 0.384 e. The SMILES string of the molecule is COC(=O)CCN(C)S(=O)(=O)Oc1cccc2cccnc12. The van der Waals surface area contributed by atoms with Gasteiger partial charge in [0.25, 0.3) is 0 Å². The molecule has 0 unspecified atom stereocenters. The average molecular weight is 324 g/mol. The van der Waals surface area contributed by atoms with E-state index in [-0.39, 0.29) is 18.7 Å². The summed E-state index contributed by atoms with van der Waals surface area (Å²) < 4.78 is 34.9. The van der Waals surface area contributed by atoms with E-state index in [1.807, 2.05) is 12.1 Å². The highest BCUT2D eigenvalue weighted by atomic mass is 32.2. The van der Waals surface area contributed by atoms with Crippen LogP contribution in [0, 0.1) is 0 Å². The van der Waals surface area contributed by atoms with Crippen molar-refractivity contribution in [2.24, 2.45) is 0 Å². The van der Waals surface area contributed by atoms with Crippen LogP contribution in [-0.4, -0.2) is 44.4 Å². The van der Waals surface area contributed by atoms with Crippen molar-refractivity contribution in [3.05, 3.63) is 36.5 Å². The second-order valence-corrected chi connectivity index (χ2v) is 6.17. The molecule has 0 N–H and O–H groups in total. The number of aromatic nitrogens is 1. The van der Waals surface area contributed by atoms with Gasteiger partial charge in [-0.05, 0) is 12.1 Å². The third-order valence-electron chi connectivity index (χ3n) is 3.03. The molecule has 0 amide bonds. The van der Waals surface area contributed by atoms with E-state index in [2.05, 4.69) is 9.72 Å². The van der Waals surface area contributed by atoms with E-state index in [0.717, 1.165) is 9.69 Å². The van der Waals surface area contributed by atoms with Crippen molar-refractivity contribution in [1.82, 2.24) is 9.29 Å². The molecule has 0 aliphatic rings. The van der Waals surface area contributed by atoms with Gasteiger partial charge in [-0.2, -0.15) is 12.7 Å². The van der Waals surface area contributed by atoms with Gasteiger partial charge in [0.1, 0.15) is 5.52 Å². The number of hydrogen-bond acceptors (Lipinski definition) is 6. The minimum atomic E-state index is -4.02. The molecule has 1 aromatic heterocycles. The highest BCUT2D eigenvalue weighted by Crippen LogP contribution is 2.24. The van der Waals surface area contributed by atoms with Crippen LogP contribution in [0.15, 0.2) is 36.5 Å². The minimum absolute atomic E-state index is 0.0345. The molecule has 0 fully saturated rings. The molecule has 22 heavy (non-hydrogen) atoms. The fourth-order valence-corrected chi connectivity index (χ4v) is 2.59. The lowest BCUT2D eigenvalue weighted by molar-refractivity contribution is -0.140. The molecular weight excluding hydrogens is 308 g/mol. The van der Waals surface area contributed by atoms with E-state index in [9.17, 15) is 13.2 Å². The number of benzene rings is 1. The van der Waals surface area contributed by atoms with Gasteiger partial charge in [-0.3, -0.25) is 9.78 Å². The number of fused-ring (bicyclic) bond motifs is 1. The van der Waals surface area contributed by atoms with Gasteiger partial charge in [0.2, 0.25) is 0 Å². The lowest BCUT2D eigenvalue weighted by Gasteiger charge is -2.17. The number of para-hydroxylation sites is 1. The van der Waals surface area contributed by atoms with Crippen molar-refractivity contribution in [2.75, 3.05) is 20.7 Å². The number of nitrogens with zero attached hydrogens (tertiary/aromatic N) is 2. The van der Waals surface area contributed by atoms with Gasteiger partial charge in [0, 0.05) is 25.2 Å². The zero-order chi connectivity index (χ0) is 16.2. The fourth-order valence-electron chi connectivity index (χ4n) is 1.78. The molecule has 0 saturated carbocycles. The first-order valence-electron chi connectivity index (χ1n) is 6.50. The zero-order valence-corrected chi connectivity index (χ0v) is 13.0. The van der Waals surface area contributed by atoms with Crippen molar-refractivity contribution in [3.63, 3.8) is 0 Å². The average Bonchev–Trinajstić information content (AvgIpc) is 2.52. The quantitative estimate of drug-likeness (QED) is 0.746. The summed E-state index contributed by atoms with van der Waals surface area (Å²) in [6.07, 6.45) is 1.51. The van der Waals surface area contributed by atoms with Crippen molar-refractivity contribution in [3.8, 4) is 5.75 Å². The normalized spacial score (nSPS) is 11.6. The maximum atomic E-state index is 12.2. The summed E-state index contributed by atoms with van der Waals surface area (Å²) in [6.45, 7) is -0.0345. The molecule has 7 nitrogen and oxygen atoms in total. The van der Waals surface area contributed by atoms with Crippen LogP contribution in [0.2, 0.25) is 0 Å². The lowest BCUT2D eigenvalue weighted by atomic mass is 10.2. The molecule has 2 rings (SSSR count). The predicted molar refractivity (Wildman–Crippen MR) is 80.6 cm³/mol. The number of carbonyl (C=O) groups excluding carboxylic acids is 1. The Balaban J connectivity index is 2.18. The molecule has 0 atom stereocenters. The van der Waals surface area contributed by atoms with Crippen molar-refractivity contribution < 1.29 is 22.1 Å². The van der Waals surface area contributed by atoms with Crippen LogP contribution >= 0.6 is 0 Å². The van der Waals surface area contributed by atoms with Gasteiger partial charge in [0.15, 0.2) is 5.75 Å². The standard InChI is InChI=1S/C14H16N2O5S/c1-16(10-8-13(17)20-2)22(18,19)21-12-7-3-5-11-6-4-9-15-14(11)12/h3-7,9H,8,10H2,1-2H3. The molecule has 2 aromatic rings. The Kier molecular flexibility index (Phi) is 4.94. The molecule has 0 spiro atoms. The topological polar surface area (TPSA) is 85.8 Å². The number of ether oxygens (including phenoxy) is 1. The molecule has 118 valence electrons. The van der Waals surface area contributed by atoms with E-state index in [1.54, 1.807) is 18.3 Å². The van der Waals surface area contributed by atoms with Gasteiger partial charge >= 0.3 is 16.3 Å². The van der Waals surface area contributed by atoms with Crippen LogP contribution in [0.1, 0.15) is 6.42 Å². The Bertz CT molecular complexity index is 770. The van der Waals surface area contributed by atoms with E-state index in [1.165, 1.54) is 20.2 Å². The van der Waals surface area contributed by atoms with Crippen LogP contribution in [0.25, 0.3) is 10.9 Å². The highest BCUT2D eigenvalue weighted by molar-refractivity contribution is 7.84. The first-order valence-corrected chi connectivity index (χ1v) is 7.87. The summed E-state index contributed by atoms with van der Waals surface area (Å²) >= 11 is 0. The van der Waals surface area contributed by atoms with Crippen molar-refractivity contribution >= 4 is 27.2 Å². The van der Waals surface area contributed by atoms with Crippen LogP contribution in [-0.2, 0) is 19.8 Å². The Labute approximate surface area is 128 Å². The third kappa shape index (κ3) is 3.71. The lowest BCUT2D eigenvalue weighted by Crippen LogP contribution is -2.33. The second kappa shape index (κ2) is 6.71. The Morgan fingerprint density at radius 1 is 1.27 bits per heavy atom. The first kappa shape index (κ1) is 16.2. The summed E-state index contributed by atoms with van der Waals surface area (Å²) in [5.41, 5.74) is 0.454. The van der Waals surface area contributed by atoms with E-state index in [4.69, 9.17) is 4.18 Å². The van der Waals surface area contributed by atoms with Gasteiger partial charge in [-0.1, -0.05) is 18.2 Å². The highest BCUT2D eigenvalue weighted by Gasteiger charge is 2.22. The fraction of sp³-hybridized carbons (Fsp3) is 0.286. The monoisotopic (exact) mass is 324 g/mol. The van der Waals surface area contributed by atoms with E-state index in [0.29, 0.717) is 5.52 Å². The number of pyridine rings is 1. The number of carbonyl (C=O) groups is 1. The number of methoxy groups -OCH3 is 1. The van der Waals surface area contributed by atoms with Crippen LogP contribution < -0.4 is 4.18 Å². The van der Waals surface area contributed by atoms with Gasteiger partial charge < -0.3 is 8.92 Å². The maximum Gasteiger partial charge on any atom is 0.384 e. The molecular formula is C14H16N2O5S. The number of rotatable bonds is 6. The molecule has 0 aliphatic heterocycles. The first-order chi connectivity index (χ1) is 10.4. The minimum Gasteiger partial charge on any atom is -0.469 e. The summed E-state index contributed by atoms with van der Waals surface area (Å²) in [4.78, 5) is 15.2. The Hall–Kier alpha value is -2.19. The largest absolute Gasteiger partial charge is 0.469 e. The summed E-state index contributed by atoms with van der Waals surface area (Å²) in [6, 6.07) is 8.58. The van der Waals surface area contributed by atoms with Gasteiger partial charge in [-0.25, -0.2) is 0 Å². The molecule has 1 aromatic carbocycles. The van der Waals surface area contributed by atoms with Gasteiger partial charge in [-0.15, -0.1) is 0 Å². The Morgan fingerprint density at radius 2 is 2.00 bits per heavy atom. The zero-order valence-electron chi connectivity index (χ0n) is 12.2. The summed E-state index contributed by atoms with van der Waals surface area (Å²) in [5.74, 6) is -0.350. The van der Waals surface area contributed by atoms with E-state index >= 15 is 0 Å². The number of esters is 1. The molecule has 0 aliphatic carbocycles. The van der Waals surface area contributed by atoms with Crippen LogP contribution in [0.4, 0.5) is 0 Å².